The van der Waals surface area contributed by atoms with E-state index in [4.69, 9.17) is 0 Å². The fourth-order valence-corrected chi connectivity index (χ4v) is 11.4. The Kier molecular flexibility index (Phi) is 3.18. The van der Waals surface area contributed by atoms with Gasteiger partial charge in [0, 0.05) is 0 Å². The Morgan fingerprint density at radius 1 is 0.667 bits per heavy atom. The van der Waals surface area contributed by atoms with E-state index in [1.807, 2.05) is 0 Å². The zero-order chi connectivity index (χ0) is 7.71. The van der Waals surface area contributed by atoms with Crippen molar-refractivity contribution < 1.29 is 0 Å². The summed E-state index contributed by atoms with van der Waals surface area (Å²) in [7, 11) is 0. The molecule has 0 fully saturated rings. The average Bonchev–Trinajstić information content (AvgIpc) is 1.14. The van der Waals surface area contributed by atoms with Crippen LogP contribution in [0.3, 0.4) is 0 Å². The van der Waals surface area contributed by atoms with Crippen LogP contribution in [0.2, 0.25) is 5.95 Å². The third kappa shape index (κ3) is 8.92. The summed E-state index contributed by atoms with van der Waals surface area (Å²) in [6, 6.07) is 0. The first-order chi connectivity index (χ1) is 3.71. The van der Waals surface area contributed by atoms with Crippen molar-refractivity contribution in [3.05, 3.63) is 0 Å². The molecule has 0 aromatic heterocycles. The average molecular weight is 319 g/mol. The summed E-state index contributed by atoms with van der Waals surface area (Å²) in [5, 5.41) is 0. The van der Waals surface area contributed by atoms with E-state index >= 15 is 0 Å². The van der Waals surface area contributed by atoms with Crippen LogP contribution in [0.25, 0.3) is 0 Å². The Morgan fingerprint density at radius 3 is 0.889 bits per heavy atom. The SMILES string of the molecule is C[C](C)(C)[Tl][C](C)(C)C. The molecule has 0 atom stereocenters. The van der Waals surface area contributed by atoms with E-state index in [1.54, 1.807) is 0 Å². The van der Waals surface area contributed by atoms with Crippen molar-refractivity contribution in [3.63, 3.8) is 0 Å². The number of rotatable bonds is 0. The summed E-state index contributed by atoms with van der Waals surface area (Å²) in [6.45, 7) is 14.3. The molecule has 0 aliphatic heterocycles. The molecule has 0 radical (unpaired) electrons. The van der Waals surface area contributed by atoms with E-state index in [0.29, 0.717) is 5.95 Å². The summed E-state index contributed by atoms with van der Waals surface area (Å²) < 4.78 is 1.39. The van der Waals surface area contributed by atoms with Gasteiger partial charge < -0.3 is 0 Å². The van der Waals surface area contributed by atoms with Crippen LogP contribution < -0.4 is 0 Å². The predicted molar refractivity (Wildman–Crippen MR) is 45.2 cm³/mol. The molecule has 0 rings (SSSR count). The van der Waals surface area contributed by atoms with E-state index in [9.17, 15) is 0 Å². The van der Waals surface area contributed by atoms with Crippen molar-refractivity contribution in [3.8, 4) is 0 Å². The quantitative estimate of drug-likeness (QED) is 0.602. The van der Waals surface area contributed by atoms with Gasteiger partial charge in [0.25, 0.3) is 0 Å². The van der Waals surface area contributed by atoms with Crippen LogP contribution >= 0.6 is 0 Å². The standard InChI is InChI=1S/2C4H9.Tl/c2*1-4(2)3;/h2*1-3H3;. The van der Waals surface area contributed by atoms with Crippen molar-refractivity contribution >= 4 is 24.2 Å². The summed E-state index contributed by atoms with van der Waals surface area (Å²) in [5.41, 5.74) is 0. The van der Waals surface area contributed by atoms with E-state index < -0.39 is 24.2 Å². The topological polar surface area (TPSA) is 0 Å². The second kappa shape index (κ2) is 2.89. The maximum atomic E-state index is 2.38. The van der Waals surface area contributed by atoms with Crippen LogP contribution in [0, 0.1) is 0 Å². The fraction of sp³-hybridized carbons (Fsp3) is 1.00. The van der Waals surface area contributed by atoms with E-state index in [-0.39, 0.29) is 0 Å². The van der Waals surface area contributed by atoms with Crippen LogP contribution in [-0.2, 0) is 0 Å². The first-order valence-corrected chi connectivity index (χ1v) is 8.07. The molecule has 1 heteroatoms. The minimum atomic E-state index is -0.514. The first kappa shape index (κ1) is 9.92. The Labute approximate surface area is 71.6 Å². The Bertz CT molecular complexity index is 69.7. The van der Waals surface area contributed by atoms with Crippen LogP contribution in [0.4, 0.5) is 0 Å². The van der Waals surface area contributed by atoms with Gasteiger partial charge in [-0.3, -0.25) is 0 Å². The molecule has 0 unspecified atom stereocenters. The van der Waals surface area contributed by atoms with Gasteiger partial charge in [-0.2, -0.15) is 0 Å². The van der Waals surface area contributed by atoms with Crippen molar-refractivity contribution in [1.29, 1.82) is 0 Å². The normalized spacial score (nSPS) is 13.1. The minimum absolute atomic E-state index is 0.514. The summed E-state index contributed by atoms with van der Waals surface area (Å²) >= 11 is -0.514. The van der Waals surface area contributed by atoms with E-state index in [2.05, 4.69) is 41.5 Å². The van der Waals surface area contributed by atoms with Gasteiger partial charge in [-0.15, -0.1) is 0 Å². The third-order valence-corrected chi connectivity index (χ3v) is 7.60. The van der Waals surface area contributed by atoms with Gasteiger partial charge >= 0.3 is 71.7 Å². The number of hydrogen-bond acceptors (Lipinski definition) is 0. The van der Waals surface area contributed by atoms with Gasteiger partial charge in [0.2, 0.25) is 0 Å². The zero-order valence-corrected chi connectivity index (χ0v) is 12.1. The molecule has 0 saturated carbocycles. The van der Waals surface area contributed by atoms with E-state index in [0.717, 1.165) is 0 Å². The molecule has 0 saturated heterocycles. The molecule has 0 N–H and O–H groups in total. The second-order valence-corrected chi connectivity index (χ2v) is 19.5. The van der Waals surface area contributed by atoms with Gasteiger partial charge in [0.05, 0.1) is 0 Å². The van der Waals surface area contributed by atoms with Crippen molar-refractivity contribution in [2.24, 2.45) is 0 Å². The molecule has 0 amide bonds. The Balaban J connectivity index is 3.75. The molecule has 0 aromatic carbocycles. The first-order valence-electron chi connectivity index (χ1n) is 3.58. The molecule has 9 heavy (non-hydrogen) atoms. The molecule has 53 valence electrons. The Morgan fingerprint density at radius 2 is 0.889 bits per heavy atom. The summed E-state index contributed by atoms with van der Waals surface area (Å²) in [4.78, 5) is 0. The molecular weight excluding hydrogens is 300 g/mol. The van der Waals surface area contributed by atoms with Gasteiger partial charge in [-0.25, -0.2) is 0 Å². The van der Waals surface area contributed by atoms with Crippen LogP contribution in [-0.4, -0.2) is 24.2 Å². The summed E-state index contributed by atoms with van der Waals surface area (Å²) in [6.07, 6.45) is 0. The molecular formula is C8H18Tl. The van der Waals surface area contributed by atoms with Gasteiger partial charge in [0.1, 0.15) is 0 Å². The zero-order valence-electron chi connectivity index (χ0n) is 7.58. The number of hydrogen-bond donors (Lipinski definition) is 0. The molecule has 0 heterocycles. The second-order valence-electron chi connectivity index (χ2n) is 4.88. The molecule has 0 aliphatic carbocycles. The predicted octanol–water partition coefficient (Wildman–Crippen LogP) is 3.13. The monoisotopic (exact) mass is 319 g/mol. The van der Waals surface area contributed by atoms with E-state index in [1.165, 1.54) is 0 Å². The van der Waals surface area contributed by atoms with Crippen molar-refractivity contribution in [1.82, 2.24) is 0 Å². The van der Waals surface area contributed by atoms with Gasteiger partial charge in [-0.1, -0.05) is 0 Å². The molecule has 0 aromatic rings. The summed E-state index contributed by atoms with van der Waals surface area (Å²) in [5.74, 6) is 0. The van der Waals surface area contributed by atoms with Gasteiger partial charge in [0.15, 0.2) is 0 Å². The van der Waals surface area contributed by atoms with Crippen LogP contribution in [0.5, 0.6) is 0 Å². The third-order valence-electron chi connectivity index (χ3n) is 0.866. The van der Waals surface area contributed by atoms with Crippen LogP contribution in [0.15, 0.2) is 0 Å². The van der Waals surface area contributed by atoms with Gasteiger partial charge in [-0.05, 0) is 0 Å². The van der Waals surface area contributed by atoms with Crippen molar-refractivity contribution in [2.45, 2.75) is 47.5 Å². The van der Waals surface area contributed by atoms with Crippen LogP contribution in [0.1, 0.15) is 41.5 Å². The molecule has 0 nitrogen and oxygen atoms in total. The molecule has 0 aliphatic rings. The molecule has 0 spiro atoms. The van der Waals surface area contributed by atoms with Crippen molar-refractivity contribution in [2.75, 3.05) is 0 Å². The fourth-order valence-electron chi connectivity index (χ4n) is 1.30. The maximum absolute atomic E-state index is 2.38. The Hall–Kier alpha value is 0.922. The molecule has 0 bridgehead atoms.